The van der Waals surface area contributed by atoms with Crippen LogP contribution in [0.3, 0.4) is 0 Å². The third-order valence-electron chi connectivity index (χ3n) is 3.15. The summed E-state index contributed by atoms with van der Waals surface area (Å²) in [6, 6.07) is 7.37. The van der Waals surface area contributed by atoms with Gasteiger partial charge in [0.15, 0.2) is 11.5 Å². The number of ether oxygens (including phenoxy) is 2. The zero-order valence-corrected chi connectivity index (χ0v) is 14.0. The number of rotatable bonds is 4. The highest BCUT2D eigenvalue weighted by Gasteiger charge is 2.15. The Balaban J connectivity index is 2.34. The van der Waals surface area contributed by atoms with Gasteiger partial charge < -0.3 is 14.8 Å². The molecule has 0 saturated heterocycles. The maximum absolute atomic E-state index is 13.3. The Kier molecular flexibility index (Phi) is 5.03. The predicted octanol–water partition coefficient (Wildman–Crippen LogP) is 4.17. The number of carbonyl (C=O) groups is 1. The number of anilines is 1. The van der Waals surface area contributed by atoms with E-state index in [4.69, 9.17) is 9.47 Å². The lowest BCUT2D eigenvalue weighted by atomic mass is 10.1. The molecule has 0 aliphatic carbocycles. The van der Waals surface area contributed by atoms with Crippen LogP contribution in [0, 0.1) is 12.7 Å². The van der Waals surface area contributed by atoms with E-state index in [2.05, 4.69) is 21.2 Å². The van der Waals surface area contributed by atoms with Gasteiger partial charge in [0, 0.05) is 16.2 Å². The van der Waals surface area contributed by atoms with Crippen molar-refractivity contribution in [2.24, 2.45) is 0 Å². The second-order valence-electron chi connectivity index (χ2n) is 4.60. The van der Waals surface area contributed by atoms with Crippen molar-refractivity contribution in [1.82, 2.24) is 0 Å². The molecule has 116 valence electrons. The standard InChI is InChI=1S/C16H15BrFNO3/c1-9-6-14(21-2)15(22-3)8-13(9)19-16(20)11-7-10(18)4-5-12(11)17/h4-8H,1-3H3,(H,19,20). The van der Waals surface area contributed by atoms with Crippen LogP contribution in [0.15, 0.2) is 34.8 Å². The monoisotopic (exact) mass is 367 g/mol. The van der Waals surface area contributed by atoms with Gasteiger partial charge in [0.05, 0.1) is 19.8 Å². The fraction of sp³-hybridized carbons (Fsp3) is 0.188. The van der Waals surface area contributed by atoms with Crippen molar-refractivity contribution in [2.45, 2.75) is 6.92 Å². The Bertz CT molecular complexity index is 719. The van der Waals surface area contributed by atoms with Crippen LogP contribution in [0.4, 0.5) is 10.1 Å². The lowest BCUT2D eigenvalue weighted by molar-refractivity contribution is 0.102. The number of halogens is 2. The van der Waals surface area contributed by atoms with Crippen LogP contribution in [-0.2, 0) is 0 Å². The molecule has 0 aliphatic rings. The lowest BCUT2D eigenvalue weighted by Crippen LogP contribution is -2.14. The highest BCUT2D eigenvalue weighted by molar-refractivity contribution is 9.10. The van der Waals surface area contributed by atoms with Gasteiger partial charge in [0.25, 0.3) is 5.91 Å². The molecular weight excluding hydrogens is 353 g/mol. The third kappa shape index (κ3) is 3.39. The van der Waals surface area contributed by atoms with E-state index in [1.165, 1.54) is 25.3 Å². The molecule has 0 spiro atoms. The summed E-state index contributed by atoms with van der Waals surface area (Å²) in [4.78, 5) is 12.3. The van der Waals surface area contributed by atoms with Gasteiger partial charge in [-0.05, 0) is 52.7 Å². The van der Waals surface area contributed by atoms with Crippen molar-refractivity contribution in [2.75, 3.05) is 19.5 Å². The van der Waals surface area contributed by atoms with Crippen molar-refractivity contribution in [3.63, 3.8) is 0 Å². The van der Waals surface area contributed by atoms with Crippen molar-refractivity contribution >= 4 is 27.5 Å². The van der Waals surface area contributed by atoms with Gasteiger partial charge in [-0.3, -0.25) is 4.79 Å². The van der Waals surface area contributed by atoms with Gasteiger partial charge in [0.2, 0.25) is 0 Å². The van der Waals surface area contributed by atoms with Gasteiger partial charge >= 0.3 is 0 Å². The van der Waals surface area contributed by atoms with Gasteiger partial charge in [-0.2, -0.15) is 0 Å². The van der Waals surface area contributed by atoms with Gasteiger partial charge in [0.1, 0.15) is 5.82 Å². The molecule has 0 heterocycles. The highest BCUT2D eigenvalue weighted by Crippen LogP contribution is 2.33. The van der Waals surface area contributed by atoms with Crippen molar-refractivity contribution < 1.29 is 18.7 Å². The van der Waals surface area contributed by atoms with E-state index in [9.17, 15) is 9.18 Å². The summed E-state index contributed by atoms with van der Waals surface area (Å²) in [6.45, 7) is 1.83. The van der Waals surface area contributed by atoms with Crippen molar-refractivity contribution in [1.29, 1.82) is 0 Å². The first-order chi connectivity index (χ1) is 10.5. The summed E-state index contributed by atoms with van der Waals surface area (Å²) in [5.41, 5.74) is 1.59. The topological polar surface area (TPSA) is 47.6 Å². The molecule has 0 saturated carbocycles. The Morgan fingerprint density at radius 2 is 1.77 bits per heavy atom. The normalized spacial score (nSPS) is 10.2. The number of aryl methyl sites for hydroxylation is 1. The Hall–Kier alpha value is -2.08. The Morgan fingerprint density at radius 1 is 1.14 bits per heavy atom. The predicted molar refractivity (Wildman–Crippen MR) is 86.3 cm³/mol. The molecule has 2 rings (SSSR count). The second kappa shape index (κ2) is 6.79. The van der Waals surface area contributed by atoms with Crippen LogP contribution in [0.2, 0.25) is 0 Å². The summed E-state index contributed by atoms with van der Waals surface area (Å²) in [6.07, 6.45) is 0. The molecule has 0 radical (unpaired) electrons. The zero-order valence-electron chi connectivity index (χ0n) is 12.4. The van der Waals surface area contributed by atoms with Crippen LogP contribution in [-0.4, -0.2) is 20.1 Å². The first-order valence-corrected chi connectivity index (χ1v) is 7.24. The Morgan fingerprint density at radius 3 is 2.41 bits per heavy atom. The number of methoxy groups -OCH3 is 2. The van der Waals surface area contributed by atoms with E-state index in [0.29, 0.717) is 21.7 Å². The Labute approximate surface area is 136 Å². The van der Waals surface area contributed by atoms with Crippen molar-refractivity contribution in [3.05, 3.63) is 51.7 Å². The minimum absolute atomic E-state index is 0.217. The number of carbonyl (C=O) groups excluding carboxylic acids is 1. The van der Waals surface area contributed by atoms with Crippen LogP contribution >= 0.6 is 15.9 Å². The van der Waals surface area contributed by atoms with E-state index >= 15 is 0 Å². The zero-order chi connectivity index (χ0) is 16.3. The van der Waals surface area contributed by atoms with Crippen LogP contribution in [0.25, 0.3) is 0 Å². The summed E-state index contributed by atoms with van der Waals surface area (Å²) in [5.74, 6) is 0.186. The quantitative estimate of drug-likeness (QED) is 0.882. The smallest absolute Gasteiger partial charge is 0.256 e. The number of benzene rings is 2. The minimum Gasteiger partial charge on any atom is -0.493 e. The van der Waals surface area contributed by atoms with Crippen LogP contribution in [0.5, 0.6) is 11.5 Å². The largest absolute Gasteiger partial charge is 0.493 e. The van der Waals surface area contributed by atoms with E-state index in [-0.39, 0.29) is 5.56 Å². The molecule has 4 nitrogen and oxygen atoms in total. The van der Waals surface area contributed by atoms with Crippen LogP contribution in [0.1, 0.15) is 15.9 Å². The van der Waals surface area contributed by atoms with E-state index in [1.807, 2.05) is 6.92 Å². The number of hydrogen-bond donors (Lipinski definition) is 1. The molecule has 1 N–H and O–H groups in total. The molecule has 0 bridgehead atoms. The number of hydrogen-bond acceptors (Lipinski definition) is 3. The lowest BCUT2D eigenvalue weighted by Gasteiger charge is -2.14. The maximum Gasteiger partial charge on any atom is 0.256 e. The SMILES string of the molecule is COc1cc(C)c(NC(=O)c2cc(F)ccc2Br)cc1OC. The van der Waals surface area contributed by atoms with Crippen molar-refractivity contribution in [3.8, 4) is 11.5 Å². The highest BCUT2D eigenvalue weighted by atomic mass is 79.9. The van der Waals surface area contributed by atoms with E-state index < -0.39 is 11.7 Å². The average Bonchev–Trinajstić information content (AvgIpc) is 2.51. The summed E-state index contributed by atoms with van der Waals surface area (Å²) in [7, 11) is 3.06. The minimum atomic E-state index is -0.475. The molecule has 2 aromatic carbocycles. The summed E-state index contributed by atoms with van der Waals surface area (Å²) < 4.78 is 24.2. The fourth-order valence-corrected chi connectivity index (χ4v) is 2.40. The number of amides is 1. The van der Waals surface area contributed by atoms with Gasteiger partial charge in [-0.25, -0.2) is 4.39 Å². The molecule has 0 aliphatic heterocycles. The molecule has 0 atom stereocenters. The maximum atomic E-state index is 13.3. The third-order valence-corrected chi connectivity index (χ3v) is 3.84. The van der Waals surface area contributed by atoms with E-state index in [0.717, 1.165) is 5.56 Å². The first kappa shape index (κ1) is 16.3. The molecule has 22 heavy (non-hydrogen) atoms. The van der Waals surface area contributed by atoms with Gasteiger partial charge in [-0.15, -0.1) is 0 Å². The summed E-state index contributed by atoms with van der Waals surface area (Å²) >= 11 is 3.24. The second-order valence-corrected chi connectivity index (χ2v) is 5.45. The molecule has 0 fully saturated rings. The molecule has 6 heteroatoms. The molecular formula is C16H15BrFNO3. The fourth-order valence-electron chi connectivity index (χ4n) is 1.98. The summed E-state index contributed by atoms with van der Waals surface area (Å²) in [5, 5.41) is 2.75. The molecule has 2 aromatic rings. The molecule has 0 aromatic heterocycles. The van der Waals surface area contributed by atoms with E-state index in [1.54, 1.807) is 19.2 Å². The number of nitrogens with one attached hydrogen (secondary N) is 1. The average molecular weight is 368 g/mol. The first-order valence-electron chi connectivity index (χ1n) is 6.45. The van der Waals surface area contributed by atoms with Crippen LogP contribution < -0.4 is 14.8 Å². The molecule has 1 amide bonds. The van der Waals surface area contributed by atoms with Gasteiger partial charge in [-0.1, -0.05) is 0 Å². The molecule has 0 unspecified atom stereocenters.